The van der Waals surface area contributed by atoms with E-state index in [-0.39, 0.29) is 5.54 Å². The lowest BCUT2D eigenvalue weighted by Gasteiger charge is -2.34. The van der Waals surface area contributed by atoms with Crippen LogP contribution in [0.4, 0.5) is 0 Å². The molecule has 0 aromatic heterocycles. The molecule has 0 radical (unpaired) electrons. The van der Waals surface area contributed by atoms with Crippen molar-refractivity contribution in [2.45, 2.75) is 51.6 Å². The highest BCUT2D eigenvalue weighted by atomic mass is 15.2. The molecule has 3 atom stereocenters. The van der Waals surface area contributed by atoms with Gasteiger partial charge in [0.1, 0.15) is 5.54 Å². The highest BCUT2D eigenvalue weighted by molar-refractivity contribution is 5.17. The second-order valence-electron chi connectivity index (χ2n) is 6.01. The van der Waals surface area contributed by atoms with Gasteiger partial charge in [-0.1, -0.05) is 13.8 Å². The molecule has 96 valence electrons. The molecule has 3 unspecified atom stereocenters. The van der Waals surface area contributed by atoms with E-state index in [0.29, 0.717) is 12.0 Å². The van der Waals surface area contributed by atoms with Crippen molar-refractivity contribution < 1.29 is 0 Å². The van der Waals surface area contributed by atoms with Crippen LogP contribution in [0.3, 0.4) is 0 Å². The highest BCUT2D eigenvalue weighted by Crippen LogP contribution is 2.41. The van der Waals surface area contributed by atoms with Crippen LogP contribution < -0.4 is 5.32 Å². The summed E-state index contributed by atoms with van der Waals surface area (Å²) in [6.45, 7) is 9.67. The second-order valence-corrected chi connectivity index (χ2v) is 6.01. The van der Waals surface area contributed by atoms with Gasteiger partial charge in [0.25, 0.3) is 0 Å². The normalized spacial score (nSPS) is 33.3. The summed E-state index contributed by atoms with van der Waals surface area (Å²) in [4.78, 5) is 2.51. The quantitative estimate of drug-likeness (QED) is 0.792. The van der Waals surface area contributed by atoms with Gasteiger partial charge in [0.2, 0.25) is 0 Å². The third-order valence-corrected chi connectivity index (χ3v) is 4.33. The Bertz CT molecular complexity index is 305. The third kappa shape index (κ3) is 2.64. The maximum absolute atomic E-state index is 9.59. The molecule has 1 aliphatic carbocycles. The number of likely N-dealkylation sites (tertiary alicyclic amines) is 1. The summed E-state index contributed by atoms with van der Waals surface area (Å²) in [6, 6.07) is 3.22. The lowest BCUT2D eigenvalue weighted by Crippen LogP contribution is -2.55. The van der Waals surface area contributed by atoms with Crippen LogP contribution in [0.25, 0.3) is 0 Å². The van der Waals surface area contributed by atoms with Gasteiger partial charge in [0, 0.05) is 19.1 Å². The molecule has 0 amide bonds. The monoisotopic (exact) mass is 235 g/mol. The van der Waals surface area contributed by atoms with Crippen molar-refractivity contribution in [1.29, 1.82) is 5.26 Å². The van der Waals surface area contributed by atoms with E-state index in [1.807, 2.05) is 0 Å². The Morgan fingerprint density at radius 3 is 2.53 bits per heavy atom. The number of hydrogen-bond acceptors (Lipinski definition) is 3. The van der Waals surface area contributed by atoms with Crippen LogP contribution in [-0.2, 0) is 0 Å². The molecule has 1 heterocycles. The van der Waals surface area contributed by atoms with Gasteiger partial charge in [-0.05, 0) is 44.6 Å². The van der Waals surface area contributed by atoms with Crippen molar-refractivity contribution >= 4 is 0 Å². The molecule has 17 heavy (non-hydrogen) atoms. The summed E-state index contributed by atoms with van der Waals surface area (Å²) < 4.78 is 0. The summed E-state index contributed by atoms with van der Waals surface area (Å²) in [5, 5.41) is 13.1. The molecule has 0 bridgehead atoms. The van der Waals surface area contributed by atoms with E-state index in [9.17, 15) is 5.26 Å². The minimum atomic E-state index is -0.285. The first-order valence-corrected chi connectivity index (χ1v) is 7.01. The van der Waals surface area contributed by atoms with Crippen molar-refractivity contribution in [2.75, 3.05) is 19.6 Å². The fraction of sp³-hybridized carbons (Fsp3) is 0.929. The van der Waals surface area contributed by atoms with Gasteiger partial charge in [-0.25, -0.2) is 0 Å². The molecular weight excluding hydrogens is 210 g/mol. The van der Waals surface area contributed by atoms with Crippen molar-refractivity contribution in [1.82, 2.24) is 10.2 Å². The third-order valence-electron chi connectivity index (χ3n) is 4.33. The smallest absolute Gasteiger partial charge is 0.122 e. The van der Waals surface area contributed by atoms with E-state index in [1.165, 1.54) is 19.3 Å². The standard InChI is InChI=1S/C14H25N3/c1-4-16-14(9-15,13-5-6-13)10-17-8-11(2)7-12(17)3/h11-13,16H,4-8,10H2,1-3H3. The van der Waals surface area contributed by atoms with E-state index in [2.05, 4.69) is 37.1 Å². The Morgan fingerprint density at radius 1 is 1.41 bits per heavy atom. The summed E-state index contributed by atoms with van der Waals surface area (Å²) in [5.41, 5.74) is -0.285. The number of nitriles is 1. The Morgan fingerprint density at radius 2 is 2.12 bits per heavy atom. The fourth-order valence-electron chi connectivity index (χ4n) is 3.31. The number of nitrogens with one attached hydrogen (secondary N) is 1. The van der Waals surface area contributed by atoms with Crippen LogP contribution in [0, 0.1) is 23.2 Å². The van der Waals surface area contributed by atoms with Crippen molar-refractivity contribution in [3.8, 4) is 6.07 Å². The number of likely N-dealkylation sites (N-methyl/N-ethyl adjacent to an activating group) is 1. The average molecular weight is 235 g/mol. The van der Waals surface area contributed by atoms with Crippen LogP contribution in [0.5, 0.6) is 0 Å². The molecule has 2 rings (SSSR count). The topological polar surface area (TPSA) is 39.1 Å². The lowest BCUT2D eigenvalue weighted by atomic mass is 9.93. The van der Waals surface area contributed by atoms with Crippen LogP contribution in [0.1, 0.15) is 40.0 Å². The number of rotatable bonds is 5. The molecule has 3 heteroatoms. The SMILES string of the molecule is CCNC(C#N)(CN1CC(C)CC1C)C1CC1. The Labute approximate surface area is 105 Å². The summed E-state index contributed by atoms with van der Waals surface area (Å²) in [6.07, 6.45) is 3.72. The molecule has 0 aromatic carbocycles. The van der Waals surface area contributed by atoms with Crippen molar-refractivity contribution in [3.63, 3.8) is 0 Å². The fourth-order valence-corrected chi connectivity index (χ4v) is 3.31. The molecule has 1 saturated carbocycles. The maximum atomic E-state index is 9.59. The molecule has 0 aromatic rings. The zero-order chi connectivity index (χ0) is 12.5. The van der Waals surface area contributed by atoms with E-state index < -0.39 is 0 Å². The predicted molar refractivity (Wildman–Crippen MR) is 69.6 cm³/mol. The molecule has 2 fully saturated rings. The van der Waals surface area contributed by atoms with Gasteiger partial charge in [-0.3, -0.25) is 10.2 Å². The molecule has 1 saturated heterocycles. The summed E-state index contributed by atoms with van der Waals surface area (Å²) in [5.74, 6) is 1.36. The van der Waals surface area contributed by atoms with E-state index in [4.69, 9.17) is 0 Å². The second kappa shape index (κ2) is 4.96. The van der Waals surface area contributed by atoms with Gasteiger partial charge in [-0.2, -0.15) is 5.26 Å². The predicted octanol–water partition coefficient (Wildman–Crippen LogP) is 2.00. The Hall–Kier alpha value is -0.590. The lowest BCUT2D eigenvalue weighted by molar-refractivity contribution is 0.190. The minimum Gasteiger partial charge on any atom is -0.298 e. The molecule has 0 spiro atoms. The Kier molecular flexibility index (Phi) is 3.75. The first kappa shape index (κ1) is 12.9. The molecule has 1 aliphatic heterocycles. The first-order chi connectivity index (χ1) is 8.11. The van der Waals surface area contributed by atoms with Crippen LogP contribution in [-0.4, -0.2) is 36.1 Å². The molecule has 3 nitrogen and oxygen atoms in total. The zero-order valence-electron chi connectivity index (χ0n) is 11.4. The van der Waals surface area contributed by atoms with Crippen LogP contribution >= 0.6 is 0 Å². The van der Waals surface area contributed by atoms with Crippen molar-refractivity contribution in [3.05, 3.63) is 0 Å². The number of hydrogen-bond donors (Lipinski definition) is 1. The summed E-state index contributed by atoms with van der Waals surface area (Å²) >= 11 is 0. The van der Waals surface area contributed by atoms with Gasteiger partial charge < -0.3 is 0 Å². The van der Waals surface area contributed by atoms with Gasteiger partial charge >= 0.3 is 0 Å². The molecule has 1 N–H and O–H groups in total. The molecular formula is C14H25N3. The van der Waals surface area contributed by atoms with Gasteiger partial charge in [-0.15, -0.1) is 0 Å². The molecule has 2 aliphatic rings. The first-order valence-electron chi connectivity index (χ1n) is 7.01. The van der Waals surface area contributed by atoms with E-state index in [0.717, 1.165) is 25.6 Å². The van der Waals surface area contributed by atoms with Crippen molar-refractivity contribution in [2.24, 2.45) is 11.8 Å². The zero-order valence-corrected chi connectivity index (χ0v) is 11.4. The van der Waals surface area contributed by atoms with Gasteiger partial charge in [0.05, 0.1) is 6.07 Å². The highest BCUT2D eigenvalue weighted by Gasteiger charge is 2.47. The summed E-state index contributed by atoms with van der Waals surface area (Å²) in [7, 11) is 0. The average Bonchev–Trinajstić information content (AvgIpc) is 3.07. The minimum absolute atomic E-state index is 0.285. The Balaban J connectivity index is 2.04. The maximum Gasteiger partial charge on any atom is 0.122 e. The van der Waals surface area contributed by atoms with E-state index in [1.54, 1.807) is 0 Å². The van der Waals surface area contributed by atoms with E-state index >= 15 is 0 Å². The largest absolute Gasteiger partial charge is 0.298 e. The number of nitrogens with zero attached hydrogens (tertiary/aromatic N) is 2. The van der Waals surface area contributed by atoms with Crippen LogP contribution in [0.2, 0.25) is 0 Å². The van der Waals surface area contributed by atoms with Gasteiger partial charge in [0.15, 0.2) is 0 Å². The van der Waals surface area contributed by atoms with Crippen LogP contribution in [0.15, 0.2) is 0 Å².